The Balaban J connectivity index is 1.18. The number of H-pyrrole nitrogens is 1. The number of aromatic nitrogens is 4. The van der Waals surface area contributed by atoms with Crippen molar-refractivity contribution in [2.75, 3.05) is 13.1 Å². The van der Waals surface area contributed by atoms with E-state index in [0.717, 1.165) is 29.4 Å². The molecule has 4 heterocycles. The average molecular weight is 423 g/mol. The van der Waals surface area contributed by atoms with E-state index in [2.05, 4.69) is 15.2 Å². The Morgan fingerprint density at radius 3 is 2.83 bits per heavy atom. The molecule has 4 aromatic rings. The van der Waals surface area contributed by atoms with E-state index in [4.69, 9.17) is 4.42 Å². The number of aromatic amines is 1. The summed E-state index contributed by atoms with van der Waals surface area (Å²) in [7, 11) is 0. The van der Waals surface area contributed by atoms with E-state index in [1.54, 1.807) is 11.3 Å². The van der Waals surface area contributed by atoms with Crippen LogP contribution in [-0.2, 0) is 11.2 Å². The number of para-hydroxylation sites is 2. The minimum absolute atomic E-state index is 0.0787. The highest BCUT2D eigenvalue weighted by molar-refractivity contribution is 7.08. The van der Waals surface area contributed by atoms with Gasteiger partial charge in [-0.1, -0.05) is 12.1 Å². The van der Waals surface area contributed by atoms with Gasteiger partial charge in [-0.2, -0.15) is 11.3 Å². The molecule has 1 saturated heterocycles. The predicted molar refractivity (Wildman–Crippen MR) is 113 cm³/mol. The number of benzene rings is 1. The number of carbonyl (C=O) groups excluding carboxylic acids is 1. The summed E-state index contributed by atoms with van der Waals surface area (Å²) in [6.07, 6.45) is 2.29. The number of rotatable bonds is 5. The molecular formula is C21H21N5O3S. The summed E-state index contributed by atoms with van der Waals surface area (Å²) in [5, 5.41) is 12.0. The van der Waals surface area contributed by atoms with Crippen LogP contribution in [-0.4, -0.2) is 43.6 Å². The minimum atomic E-state index is -0.0844. The van der Waals surface area contributed by atoms with Gasteiger partial charge in [0.25, 0.3) is 0 Å². The van der Waals surface area contributed by atoms with Crippen LogP contribution >= 0.6 is 11.3 Å². The monoisotopic (exact) mass is 423 g/mol. The van der Waals surface area contributed by atoms with E-state index < -0.39 is 0 Å². The SMILES string of the molecule is O=C(CCc1nnc(-c2ccsc2)o1)N1CCC(n2c(=O)[nH]c3ccccc32)CC1. The molecule has 0 saturated carbocycles. The van der Waals surface area contributed by atoms with Crippen LogP contribution in [0.25, 0.3) is 22.5 Å². The fraction of sp³-hybridized carbons (Fsp3) is 0.333. The maximum absolute atomic E-state index is 12.6. The quantitative estimate of drug-likeness (QED) is 0.532. The third-order valence-corrected chi connectivity index (χ3v) is 6.28. The Morgan fingerprint density at radius 2 is 2.03 bits per heavy atom. The first-order chi connectivity index (χ1) is 14.7. The Bertz CT molecular complexity index is 1210. The second kappa shape index (κ2) is 7.91. The zero-order valence-electron chi connectivity index (χ0n) is 16.3. The van der Waals surface area contributed by atoms with E-state index in [1.165, 1.54) is 0 Å². The molecule has 0 atom stereocenters. The highest BCUT2D eigenvalue weighted by Gasteiger charge is 2.26. The number of likely N-dealkylation sites (tertiary alicyclic amines) is 1. The summed E-state index contributed by atoms with van der Waals surface area (Å²) >= 11 is 1.57. The third-order valence-electron chi connectivity index (χ3n) is 5.59. The summed E-state index contributed by atoms with van der Waals surface area (Å²) in [5.74, 6) is 1.04. The molecular weight excluding hydrogens is 402 g/mol. The van der Waals surface area contributed by atoms with Gasteiger partial charge >= 0.3 is 5.69 Å². The van der Waals surface area contributed by atoms with Crippen molar-refractivity contribution in [2.45, 2.75) is 31.7 Å². The molecule has 1 fully saturated rings. The van der Waals surface area contributed by atoms with Gasteiger partial charge in [0.1, 0.15) is 0 Å². The van der Waals surface area contributed by atoms with Crippen molar-refractivity contribution >= 4 is 28.3 Å². The Labute approximate surface area is 176 Å². The fourth-order valence-electron chi connectivity index (χ4n) is 4.04. The number of hydrogen-bond donors (Lipinski definition) is 1. The van der Waals surface area contributed by atoms with Crippen LogP contribution in [0.1, 0.15) is 31.2 Å². The molecule has 154 valence electrons. The minimum Gasteiger partial charge on any atom is -0.421 e. The first kappa shape index (κ1) is 18.8. The van der Waals surface area contributed by atoms with Gasteiger partial charge in [-0.15, -0.1) is 10.2 Å². The number of nitrogens with zero attached hydrogens (tertiary/aromatic N) is 4. The lowest BCUT2D eigenvalue weighted by Crippen LogP contribution is -2.40. The van der Waals surface area contributed by atoms with Gasteiger partial charge in [0.15, 0.2) is 0 Å². The Morgan fingerprint density at radius 1 is 1.20 bits per heavy atom. The zero-order valence-corrected chi connectivity index (χ0v) is 17.1. The van der Waals surface area contributed by atoms with E-state index in [9.17, 15) is 9.59 Å². The van der Waals surface area contributed by atoms with Crippen molar-refractivity contribution in [1.82, 2.24) is 24.6 Å². The molecule has 0 spiro atoms. The molecule has 1 aliphatic rings. The number of fused-ring (bicyclic) bond motifs is 1. The first-order valence-electron chi connectivity index (χ1n) is 10.0. The highest BCUT2D eigenvalue weighted by Crippen LogP contribution is 2.25. The fourth-order valence-corrected chi connectivity index (χ4v) is 4.67. The number of thiophene rings is 1. The number of hydrogen-bond acceptors (Lipinski definition) is 6. The number of imidazole rings is 1. The van der Waals surface area contributed by atoms with E-state index in [1.807, 2.05) is 50.6 Å². The number of aryl methyl sites for hydroxylation is 1. The van der Waals surface area contributed by atoms with E-state index in [-0.39, 0.29) is 17.6 Å². The van der Waals surface area contributed by atoms with Crippen LogP contribution in [0.4, 0.5) is 0 Å². The molecule has 3 aromatic heterocycles. The predicted octanol–water partition coefficient (Wildman–Crippen LogP) is 3.24. The van der Waals surface area contributed by atoms with E-state index in [0.29, 0.717) is 37.7 Å². The van der Waals surface area contributed by atoms with Crippen LogP contribution in [0.2, 0.25) is 0 Å². The third kappa shape index (κ3) is 3.56. The maximum atomic E-state index is 12.6. The molecule has 0 aliphatic carbocycles. The molecule has 1 N–H and O–H groups in total. The Kier molecular flexibility index (Phi) is 4.96. The second-order valence-corrected chi connectivity index (χ2v) is 8.22. The molecule has 0 unspecified atom stereocenters. The van der Waals surface area contributed by atoms with Gasteiger partial charge in [-0.3, -0.25) is 9.36 Å². The van der Waals surface area contributed by atoms with Gasteiger partial charge in [0, 0.05) is 42.9 Å². The summed E-state index contributed by atoms with van der Waals surface area (Å²) in [4.78, 5) is 29.8. The standard InChI is InChI=1S/C21H21N5O3S/c27-19(6-5-18-23-24-20(29-18)14-9-12-30-13-14)25-10-7-15(8-11-25)26-17-4-2-1-3-16(17)22-21(26)28/h1-4,9,12-13,15H,5-8,10-11H2,(H,22,28). The smallest absolute Gasteiger partial charge is 0.326 e. The number of nitrogens with one attached hydrogen (secondary N) is 1. The molecule has 9 heteroatoms. The van der Waals surface area contributed by atoms with Gasteiger partial charge in [0.05, 0.1) is 11.0 Å². The second-order valence-electron chi connectivity index (χ2n) is 7.44. The number of carbonyl (C=O) groups is 1. The average Bonchev–Trinajstić information content (AvgIpc) is 3.51. The van der Waals surface area contributed by atoms with Crippen molar-refractivity contribution < 1.29 is 9.21 Å². The van der Waals surface area contributed by atoms with Gasteiger partial charge in [-0.25, -0.2) is 4.79 Å². The summed E-state index contributed by atoms with van der Waals surface area (Å²) in [6.45, 7) is 1.28. The first-order valence-corrected chi connectivity index (χ1v) is 11.0. The molecule has 30 heavy (non-hydrogen) atoms. The molecule has 5 rings (SSSR count). The summed E-state index contributed by atoms with van der Waals surface area (Å²) in [5.41, 5.74) is 2.59. The van der Waals surface area contributed by atoms with Crippen LogP contribution in [0, 0.1) is 0 Å². The molecule has 0 radical (unpaired) electrons. The van der Waals surface area contributed by atoms with Crippen molar-refractivity contribution in [1.29, 1.82) is 0 Å². The highest BCUT2D eigenvalue weighted by atomic mass is 32.1. The van der Waals surface area contributed by atoms with Gasteiger partial charge < -0.3 is 14.3 Å². The van der Waals surface area contributed by atoms with Gasteiger partial charge in [0.2, 0.25) is 17.7 Å². The lowest BCUT2D eigenvalue weighted by molar-refractivity contribution is -0.132. The lowest BCUT2D eigenvalue weighted by atomic mass is 10.0. The largest absolute Gasteiger partial charge is 0.421 e. The lowest BCUT2D eigenvalue weighted by Gasteiger charge is -2.32. The number of amides is 1. The van der Waals surface area contributed by atoms with Gasteiger partial charge in [-0.05, 0) is 36.4 Å². The molecule has 1 amide bonds. The molecule has 1 aromatic carbocycles. The Hall–Kier alpha value is -3.20. The van der Waals surface area contributed by atoms with E-state index >= 15 is 0 Å². The molecule has 8 nitrogen and oxygen atoms in total. The maximum Gasteiger partial charge on any atom is 0.326 e. The van der Waals surface area contributed by atoms with Crippen molar-refractivity contribution in [2.24, 2.45) is 0 Å². The van der Waals surface area contributed by atoms with Crippen LogP contribution in [0.15, 0.2) is 50.3 Å². The number of piperidine rings is 1. The summed E-state index contributed by atoms with van der Waals surface area (Å²) in [6, 6.07) is 9.74. The topological polar surface area (TPSA) is 97.0 Å². The van der Waals surface area contributed by atoms with Crippen molar-refractivity contribution in [3.63, 3.8) is 0 Å². The van der Waals surface area contributed by atoms with Crippen LogP contribution in [0.5, 0.6) is 0 Å². The van der Waals surface area contributed by atoms with Crippen LogP contribution < -0.4 is 5.69 Å². The van der Waals surface area contributed by atoms with Crippen molar-refractivity contribution in [3.05, 3.63) is 57.5 Å². The van der Waals surface area contributed by atoms with Crippen molar-refractivity contribution in [3.8, 4) is 11.5 Å². The normalized spacial score (nSPS) is 15.1. The summed E-state index contributed by atoms with van der Waals surface area (Å²) < 4.78 is 7.49. The molecule has 1 aliphatic heterocycles. The van der Waals surface area contributed by atoms with Crippen LogP contribution in [0.3, 0.4) is 0 Å². The molecule has 0 bridgehead atoms. The zero-order chi connectivity index (χ0) is 20.5.